The van der Waals surface area contributed by atoms with Gasteiger partial charge in [-0.2, -0.15) is 5.10 Å². The molecule has 1 unspecified atom stereocenters. The van der Waals surface area contributed by atoms with Gasteiger partial charge < -0.3 is 10.1 Å². The molecule has 6 nitrogen and oxygen atoms in total. The van der Waals surface area contributed by atoms with E-state index in [0.29, 0.717) is 22.2 Å². The normalized spacial score (nSPS) is 13.2. The van der Waals surface area contributed by atoms with Gasteiger partial charge in [-0.15, -0.1) is 0 Å². The number of nitrogens with one attached hydrogen (secondary N) is 1. The third-order valence-corrected chi connectivity index (χ3v) is 4.46. The predicted octanol–water partition coefficient (Wildman–Crippen LogP) is 3.25. The monoisotopic (exact) mass is 369 g/mol. The summed E-state index contributed by atoms with van der Waals surface area (Å²) in [5, 5.41) is 7.69. The Bertz CT molecular complexity index is 776. The van der Waals surface area contributed by atoms with Crippen LogP contribution in [0.4, 0.5) is 0 Å². The Morgan fingerprint density at radius 2 is 2.00 bits per heavy atom. The van der Waals surface area contributed by atoms with Crippen LogP contribution in [0, 0.1) is 0 Å². The largest absolute Gasteiger partial charge is 0.467 e. The molecule has 0 aliphatic carbocycles. The van der Waals surface area contributed by atoms with Crippen molar-refractivity contribution in [3.8, 4) is 5.69 Å². The number of methoxy groups -OCH3 is 1. The van der Waals surface area contributed by atoms with E-state index in [1.807, 2.05) is 0 Å². The molecule has 0 aliphatic heterocycles. The summed E-state index contributed by atoms with van der Waals surface area (Å²) in [6, 6.07) is 6.56. The first-order chi connectivity index (χ1) is 11.3. The van der Waals surface area contributed by atoms with Crippen molar-refractivity contribution in [2.24, 2.45) is 0 Å². The lowest BCUT2D eigenvalue weighted by Crippen LogP contribution is -2.52. The molecular weight excluding hydrogens is 353 g/mol. The van der Waals surface area contributed by atoms with Crippen molar-refractivity contribution in [3.05, 3.63) is 46.2 Å². The average molecular weight is 370 g/mol. The molecule has 1 aromatic carbocycles. The van der Waals surface area contributed by atoms with Gasteiger partial charge in [0.15, 0.2) is 5.69 Å². The van der Waals surface area contributed by atoms with Gasteiger partial charge in [-0.05, 0) is 37.6 Å². The molecule has 0 bridgehead atoms. The Hall–Kier alpha value is -2.05. The van der Waals surface area contributed by atoms with Crippen LogP contribution in [0.3, 0.4) is 0 Å². The fraction of sp³-hybridized carbons (Fsp3) is 0.312. The molecule has 0 spiro atoms. The molecule has 128 valence electrons. The van der Waals surface area contributed by atoms with E-state index in [4.69, 9.17) is 27.9 Å². The highest BCUT2D eigenvalue weighted by Gasteiger charge is 2.34. The lowest BCUT2D eigenvalue weighted by Gasteiger charge is -2.25. The molecule has 2 aromatic rings. The van der Waals surface area contributed by atoms with Crippen LogP contribution in [0.25, 0.3) is 5.69 Å². The third-order valence-electron chi connectivity index (χ3n) is 3.72. The van der Waals surface area contributed by atoms with Crippen LogP contribution in [0.1, 0.15) is 30.8 Å². The SMILES string of the molecule is CCC(C)(NC(=O)c1ccn(-c2ccc(Cl)c(Cl)c2)n1)C(=O)OC. The molecule has 1 atom stereocenters. The molecule has 1 amide bonds. The van der Waals surface area contributed by atoms with Crippen molar-refractivity contribution in [3.63, 3.8) is 0 Å². The first kappa shape index (κ1) is 18.3. The van der Waals surface area contributed by atoms with E-state index in [-0.39, 0.29) is 5.69 Å². The zero-order valence-electron chi connectivity index (χ0n) is 13.5. The minimum Gasteiger partial charge on any atom is -0.467 e. The molecule has 1 heterocycles. The lowest BCUT2D eigenvalue weighted by atomic mass is 9.99. The molecule has 1 N–H and O–H groups in total. The van der Waals surface area contributed by atoms with Gasteiger partial charge in [0.2, 0.25) is 0 Å². The van der Waals surface area contributed by atoms with Gasteiger partial charge in [-0.25, -0.2) is 9.48 Å². The first-order valence-corrected chi connectivity index (χ1v) is 7.98. The standard InChI is InChI=1S/C16H17Cl2N3O3/c1-4-16(2,15(23)24-3)19-14(22)13-7-8-21(20-13)10-5-6-11(17)12(18)9-10/h5-9H,4H2,1-3H3,(H,19,22). The van der Waals surface area contributed by atoms with Crippen LogP contribution in [0.2, 0.25) is 10.0 Å². The number of nitrogens with zero attached hydrogens (tertiary/aromatic N) is 2. The fourth-order valence-electron chi connectivity index (χ4n) is 2.04. The third kappa shape index (κ3) is 3.71. The maximum absolute atomic E-state index is 12.4. The number of aromatic nitrogens is 2. The summed E-state index contributed by atoms with van der Waals surface area (Å²) in [4.78, 5) is 24.2. The summed E-state index contributed by atoms with van der Waals surface area (Å²) in [5.74, 6) is -0.981. The summed E-state index contributed by atoms with van der Waals surface area (Å²) in [7, 11) is 1.28. The summed E-state index contributed by atoms with van der Waals surface area (Å²) >= 11 is 11.9. The van der Waals surface area contributed by atoms with Crippen molar-refractivity contribution in [2.75, 3.05) is 7.11 Å². The zero-order chi connectivity index (χ0) is 17.9. The quantitative estimate of drug-likeness (QED) is 0.820. The molecule has 0 aliphatic rings. The number of esters is 1. The van der Waals surface area contributed by atoms with Gasteiger partial charge in [0.1, 0.15) is 5.54 Å². The van der Waals surface area contributed by atoms with Gasteiger partial charge >= 0.3 is 5.97 Å². The van der Waals surface area contributed by atoms with E-state index in [2.05, 4.69) is 10.4 Å². The molecule has 0 saturated heterocycles. The second kappa shape index (κ2) is 7.23. The fourth-order valence-corrected chi connectivity index (χ4v) is 2.33. The number of amides is 1. The van der Waals surface area contributed by atoms with Crippen molar-refractivity contribution < 1.29 is 14.3 Å². The Morgan fingerprint density at radius 1 is 1.29 bits per heavy atom. The minimum atomic E-state index is -1.11. The maximum atomic E-state index is 12.4. The number of carbonyl (C=O) groups excluding carboxylic acids is 2. The van der Waals surface area contributed by atoms with Crippen LogP contribution < -0.4 is 5.32 Å². The summed E-state index contributed by atoms with van der Waals surface area (Å²) < 4.78 is 6.23. The Morgan fingerprint density at radius 3 is 2.58 bits per heavy atom. The van der Waals surface area contributed by atoms with Gasteiger partial charge in [0.05, 0.1) is 22.8 Å². The van der Waals surface area contributed by atoms with Crippen molar-refractivity contribution in [2.45, 2.75) is 25.8 Å². The molecular formula is C16H17Cl2N3O3. The summed E-state index contributed by atoms with van der Waals surface area (Å²) in [6.07, 6.45) is 2.01. The Balaban J connectivity index is 2.22. The van der Waals surface area contributed by atoms with Crippen molar-refractivity contribution in [1.82, 2.24) is 15.1 Å². The number of benzene rings is 1. The van der Waals surface area contributed by atoms with Crippen LogP contribution in [0.15, 0.2) is 30.5 Å². The van der Waals surface area contributed by atoms with E-state index < -0.39 is 17.4 Å². The lowest BCUT2D eigenvalue weighted by molar-refractivity contribution is -0.147. The number of halogens is 2. The zero-order valence-corrected chi connectivity index (χ0v) is 15.0. The van der Waals surface area contributed by atoms with Crippen molar-refractivity contribution >= 4 is 35.1 Å². The molecule has 1 aromatic heterocycles. The van der Waals surface area contributed by atoms with E-state index in [1.165, 1.54) is 11.8 Å². The topological polar surface area (TPSA) is 73.2 Å². The average Bonchev–Trinajstić information content (AvgIpc) is 3.06. The maximum Gasteiger partial charge on any atom is 0.331 e. The van der Waals surface area contributed by atoms with Gasteiger partial charge in [0.25, 0.3) is 5.91 Å². The molecule has 2 rings (SSSR count). The smallest absolute Gasteiger partial charge is 0.331 e. The highest BCUT2D eigenvalue weighted by atomic mass is 35.5. The van der Waals surface area contributed by atoms with Gasteiger partial charge in [-0.1, -0.05) is 30.1 Å². The van der Waals surface area contributed by atoms with Crippen LogP contribution in [0.5, 0.6) is 0 Å². The predicted molar refractivity (Wildman–Crippen MR) is 91.8 cm³/mol. The van der Waals surface area contributed by atoms with Crippen LogP contribution in [-0.4, -0.2) is 34.3 Å². The summed E-state index contributed by atoms with van der Waals surface area (Å²) in [5.41, 5.74) is -0.279. The van der Waals surface area contributed by atoms with E-state index >= 15 is 0 Å². The molecule has 0 fully saturated rings. The molecule has 8 heteroatoms. The molecule has 0 radical (unpaired) electrons. The second-order valence-electron chi connectivity index (χ2n) is 5.38. The first-order valence-electron chi connectivity index (χ1n) is 7.22. The number of hydrogen-bond donors (Lipinski definition) is 1. The van der Waals surface area contributed by atoms with E-state index in [9.17, 15) is 9.59 Å². The molecule has 24 heavy (non-hydrogen) atoms. The number of carbonyl (C=O) groups is 2. The van der Waals surface area contributed by atoms with E-state index in [0.717, 1.165) is 0 Å². The number of ether oxygens (including phenoxy) is 1. The highest BCUT2D eigenvalue weighted by Crippen LogP contribution is 2.24. The van der Waals surface area contributed by atoms with E-state index in [1.54, 1.807) is 44.3 Å². The number of rotatable bonds is 5. The van der Waals surface area contributed by atoms with Crippen molar-refractivity contribution in [1.29, 1.82) is 0 Å². The van der Waals surface area contributed by atoms with Gasteiger partial charge in [0, 0.05) is 6.20 Å². The number of hydrogen-bond acceptors (Lipinski definition) is 4. The second-order valence-corrected chi connectivity index (χ2v) is 6.19. The minimum absolute atomic E-state index is 0.171. The van der Waals surface area contributed by atoms with Crippen LogP contribution in [-0.2, 0) is 9.53 Å². The molecule has 0 saturated carbocycles. The van der Waals surface area contributed by atoms with Gasteiger partial charge in [-0.3, -0.25) is 4.79 Å². The van der Waals surface area contributed by atoms with Crippen LogP contribution >= 0.6 is 23.2 Å². The highest BCUT2D eigenvalue weighted by molar-refractivity contribution is 6.42. The Kier molecular flexibility index (Phi) is 5.51. The summed E-state index contributed by atoms with van der Waals surface area (Å²) in [6.45, 7) is 3.39. The Labute approximate surface area is 149 Å².